The largest absolute Gasteiger partial charge is 0.507 e. The number of halogens is 1. The van der Waals surface area contributed by atoms with Crippen LogP contribution in [0.5, 0.6) is 11.5 Å². The number of aliphatic hydroxyl groups is 1. The lowest BCUT2D eigenvalue weighted by atomic mass is 10.1. The maximum absolute atomic E-state index is 13.1. The first-order valence-electron chi connectivity index (χ1n) is 6.53. The number of phenolic OH excluding ortho intramolecular Hbond substituents is 2. The monoisotopic (exact) mass is 316 g/mol. The zero-order valence-corrected chi connectivity index (χ0v) is 11.8. The van der Waals surface area contributed by atoms with E-state index in [1.54, 1.807) is 0 Å². The molecule has 2 rings (SSSR count). The van der Waals surface area contributed by atoms with Gasteiger partial charge in [0.25, 0.3) is 0 Å². The van der Waals surface area contributed by atoms with Crippen LogP contribution in [0.15, 0.2) is 46.6 Å². The molecule has 7 heteroatoms. The van der Waals surface area contributed by atoms with Gasteiger partial charge in [0.1, 0.15) is 12.4 Å². The Bertz CT molecular complexity index is 788. The Morgan fingerprint density at radius 3 is 2.13 bits per heavy atom. The predicted molar refractivity (Wildman–Crippen MR) is 82.8 cm³/mol. The van der Waals surface area contributed by atoms with Gasteiger partial charge in [-0.15, -0.1) is 0 Å². The molecule has 6 nitrogen and oxygen atoms in total. The van der Waals surface area contributed by atoms with Gasteiger partial charge in [0.15, 0.2) is 17.3 Å². The summed E-state index contributed by atoms with van der Waals surface area (Å²) in [7, 11) is 0. The number of nitrogens with zero attached hydrogens (tertiary/aromatic N) is 2. The number of Topliss-reactive ketones (excluding diaryl/α,β-unsaturated/α-hetero) is 1. The number of phenols is 2. The van der Waals surface area contributed by atoms with Gasteiger partial charge in [0.05, 0.1) is 18.0 Å². The first-order valence-corrected chi connectivity index (χ1v) is 6.53. The summed E-state index contributed by atoms with van der Waals surface area (Å²) in [4.78, 5) is 11.4. The molecule has 0 fully saturated rings. The van der Waals surface area contributed by atoms with Crippen LogP contribution in [0.1, 0.15) is 21.5 Å². The molecule has 0 amide bonds. The zero-order valence-electron chi connectivity index (χ0n) is 11.8. The Morgan fingerprint density at radius 1 is 1.00 bits per heavy atom. The van der Waals surface area contributed by atoms with Crippen LogP contribution in [-0.4, -0.2) is 40.1 Å². The second-order valence-electron chi connectivity index (χ2n) is 4.56. The molecule has 3 N–H and O–H groups in total. The van der Waals surface area contributed by atoms with Gasteiger partial charge in [-0.2, -0.15) is 10.2 Å². The van der Waals surface area contributed by atoms with E-state index in [4.69, 9.17) is 10.2 Å². The Kier molecular flexibility index (Phi) is 5.16. The SMILES string of the molecule is O=C(CO)c1cc(/C=N/N=C/c2ccc(O)c(F)c2)ccc1O. The van der Waals surface area contributed by atoms with Gasteiger partial charge < -0.3 is 15.3 Å². The number of carbonyl (C=O) groups is 1. The Morgan fingerprint density at radius 2 is 1.57 bits per heavy atom. The van der Waals surface area contributed by atoms with Crippen molar-refractivity contribution in [2.24, 2.45) is 10.2 Å². The van der Waals surface area contributed by atoms with Crippen LogP contribution in [0.3, 0.4) is 0 Å². The average Bonchev–Trinajstić information content (AvgIpc) is 2.55. The molecule has 0 radical (unpaired) electrons. The van der Waals surface area contributed by atoms with Crippen LogP contribution >= 0.6 is 0 Å². The van der Waals surface area contributed by atoms with Crippen molar-refractivity contribution in [2.45, 2.75) is 0 Å². The summed E-state index contributed by atoms with van der Waals surface area (Å²) in [5.41, 5.74) is 0.897. The fourth-order valence-corrected chi connectivity index (χ4v) is 1.75. The number of aromatic hydroxyl groups is 2. The van der Waals surface area contributed by atoms with Crippen molar-refractivity contribution in [3.8, 4) is 11.5 Å². The molecular weight excluding hydrogens is 303 g/mol. The molecular formula is C16H13FN2O4. The second-order valence-corrected chi connectivity index (χ2v) is 4.56. The van der Waals surface area contributed by atoms with Crippen LogP contribution in [0.25, 0.3) is 0 Å². The van der Waals surface area contributed by atoms with Gasteiger partial charge in [0, 0.05) is 0 Å². The topological polar surface area (TPSA) is 102 Å². The highest BCUT2D eigenvalue weighted by molar-refractivity contribution is 6.00. The van der Waals surface area contributed by atoms with E-state index >= 15 is 0 Å². The summed E-state index contributed by atoms with van der Waals surface area (Å²) in [5, 5.41) is 34.9. The molecule has 0 bridgehead atoms. The van der Waals surface area contributed by atoms with E-state index in [-0.39, 0.29) is 11.3 Å². The summed E-state index contributed by atoms with van der Waals surface area (Å²) in [6.45, 7) is -0.710. The van der Waals surface area contributed by atoms with Gasteiger partial charge >= 0.3 is 0 Å². The minimum atomic E-state index is -0.761. The molecule has 0 heterocycles. The summed E-state index contributed by atoms with van der Waals surface area (Å²) < 4.78 is 13.1. The highest BCUT2D eigenvalue weighted by atomic mass is 19.1. The van der Waals surface area contributed by atoms with E-state index in [1.165, 1.54) is 42.8 Å². The van der Waals surface area contributed by atoms with Crippen LogP contribution in [-0.2, 0) is 0 Å². The second kappa shape index (κ2) is 7.28. The van der Waals surface area contributed by atoms with Crippen molar-refractivity contribution in [1.82, 2.24) is 0 Å². The fourth-order valence-electron chi connectivity index (χ4n) is 1.75. The van der Waals surface area contributed by atoms with Crippen LogP contribution in [0.2, 0.25) is 0 Å². The Hall–Kier alpha value is -3.06. The molecule has 0 spiro atoms. The number of hydrogen-bond donors (Lipinski definition) is 3. The van der Waals surface area contributed by atoms with Gasteiger partial charge in [-0.05, 0) is 47.5 Å². The van der Waals surface area contributed by atoms with Crippen molar-refractivity contribution in [1.29, 1.82) is 0 Å². The molecule has 118 valence electrons. The molecule has 0 unspecified atom stereocenters. The fraction of sp³-hybridized carbons (Fsp3) is 0.0625. The van der Waals surface area contributed by atoms with Crippen molar-refractivity contribution in [3.63, 3.8) is 0 Å². The number of hydrogen-bond acceptors (Lipinski definition) is 6. The third kappa shape index (κ3) is 4.21. The Labute approximate surface area is 130 Å². The number of benzene rings is 2. The molecule has 0 aromatic heterocycles. The van der Waals surface area contributed by atoms with Crippen LogP contribution in [0, 0.1) is 5.82 Å². The smallest absolute Gasteiger partial charge is 0.191 e. The normalized spacial score (nSPS) is 11.4. The number of ketones is 1. The minimum Gasteiger partial charge on any atom is -0.507 e. The van der Waals surface area contributed by atoms with Crippen LogP contribution < -0.4 is 0 Å². The molecule has 0 atom stereocenters. The number of aliphatic hydroxyl groups excluding tert-OH is 1. The van der Waals surface area contributed by atoms with E-state index in [0.717, 1.165) is 6.07 Å². The molecule has 0 aliphatic rings. The van der Waals surface area contributed by atoms with E-state index in [1.807, 2.05) is 0 Å². The van der Waals surface area contributed by atoms with E-state index in [2.05, 4.69) is 10.2 Å². The third-order valence-corrected chi connectivity index (χ3v) is 2.92. The first kappa shape index (κ1) is 16.3. The summed E-state index contributed by atoms with van der Waals surface area (Å²) in [5.74, 6) is -2.05. The van der Waals surface area contributed by atoms with Gasteiger partial charge in [-0.25, -0.2) is 4.39 Å². The molecule has 2 aromatic rings. The number of rotatable bonds is 5. The van der Waals surface area contributed by atoms with E-state index in [0.29, 0.717) is 11.1 Å². The molecule has 0 aliphatic heterocycles. The molecule has 0 saturated carbocycles. The third-order valence-electron chi connectivity index (χ3n) is 2.92. The average molecular weight is 316 g/mol. The minimum absolute atomic E-state index is 0.0129. The summed E-state index contributed by atoms with van der Waals surface area (Å²) >= 11 is 0. The van der Waals surface area contributed by atoms with E-state index < -0.39 is 24.0 Å². The summed E-state index contributed by atoms with van der Waals surface area (Å²) in [6.07, 6.45) is 2.63. The maximum Gasteiger partial charge on any atom is 0.191 e. The quantitative estimate of drug-likeness (QED) is 0.445. The lowest BCUT2D eigenvalue weighted by molar-refractivity contribution is 0.0901. The van der Waals surface area contributed by atoms with Crippen molar-refractivity contribution in [3.05, 3.63) is 58.9 Å². The molecule has 23 heavy (non-hydrogen) atoms. The lowest BCUT2D eigenvalue weighted by Crippen LogP contribution is -2.05. The van der Waals surface area contributed by atoms with Crippen LogP contribution in [0.4, 0.5) is 4.39 Å². The zero-order chi connectivity index (χ0) is 16.8. The molecule has 2 aromatic carbocycles. The maximum atomic E-state index is 13.1. The van der Waals surface area contributed by atoms with Crippen molar-refractivity contribution >= 4 is 18.2 Å². The number of carbonyl (C=O) groups excluding carboxylic acids is 1. The standard InChI is InChI=1S/C16H13FN2O4/c17-13-6-11(2-4-15(13)22)8-19-18-7-10-1-3-14(21)12(5-10)16(23)9-20/h1-8,20-22H,9H2/b18-7+,19-8+. The van der Waals surface area contributed by atoms with Gasteiger partial charge in [-0.1, -0.05) is 0 Å². The first-order chi connectivity index (χ1) is 11.0. The molecule has 0 saturated heterocycles. The highest BCUT2D eigenvalue weighted by Crippen LogP contribution is 2.18. The van der Waals surface area contributed by atoms with Gasteiger partial charge in [0.2, 0.25) is 0 Å². The van der Waals surface area contributed by atoms with E-state index in [9.17, 15) is 14.3 Å². The lowest BCUT2D eigenvalue weighted by Gasteiger charge is -2.02. The van der Waals surface area contributed by atoms with Crippen molar-refractivity contribution < 1.29 is 24.5 Å². The highest BCUT2D eigenvalue weighted by Gasteiger charge is 2.10. The van der Waals surface area contributed by atoms with Crippen molar-refractivity contribution in [2.75, 3.05) is 6.61 Å². The predicted octanol–water partition coefficient (Wildman–Crippen LogP) is 1.86. The Balaban J connectivity index is 2.12. The molecule has 0 aliphatic carbocycles. The van der Waals surface area contributed by atoms with Gasteiger partial charge in [-0.3, -0.25) is 4.79 Å². The summed E-state index contributed by atoms with van der Waals surface area (Å²) in [6, 6.07) is 7.97.